The molecule has 3 rings (SSSR count). The fraction of sp³-hybridized carbons (Fsp3) is 0.261. The van der Waals surface area contributed by atoms with Crippen molar-refractivity contribution in [3.8, 4) is 17.2 Å². The van der Waals surface area contributed by atoms with Gasteiger partial charge in [0.05, 0.1) is 12.2 Å². The van der Waals surface area contributed by atoms with Crippen molar-refractivity contribution >= 4 is 5.57 Å². The van der Waals surface area contributed by atoms with Gasteiger partial charge in [-0.05, 0) is 73.9 Å². The summed E-state index contributed by atoms with van der Waals surface area (Å²) in [4.78, 5) is 4.37. The van der Waals surface area contributed by atoms with Gasteiger partial charge in [-0.25, -0.2) is 4.98 Å². The quantitative estimate of drug-likeness (QED) is 0.532. The van der Waals surface area contributed by atoms with Gasteiger partial charge in [0.15, 0.2) is 0 Å². The van der Waals surface area contributed by atoms with E-state index < -0.39 is 11.7 Å². The van der Waals surface area contributed by atoms with Crippen LogP contribution < -0.4 is 4.74 Å². The molecular weight excluding hydrogens is 395 g/mol. The largest absolute Gasteiger partial charge is 0.487 e. The van der Waals surface area contributed by atoms with E-state index in [1.54, 1.807) is 6.92 Å². The van der Waals surface area contributed by atoms with E-state index >= 15 is 0 Å². The van der Waals surface area contributed by atoms with Crippen molar-refractivity contribution in [2.24, 2.45) is 0 Å². The van der Waals surface area contributed by atoms with E-state index in [9.17, 15) is 18.3 Å². The minimum atomic E-state index is -4.39. The fourth-order valence-corrected chi connectivity index (χ4v) is 2.82. The number of alkyl halides is 3. The van der Waals surface area contributed by atoms with Gasteiger partial charge in [-0.2, -0.15) is 13.2 Å². The summed E-state index contributed by atoms with van der Waals surface area (Å²) >= 11 is 0. The number of ether oxygens (including phenoxy) is 1. The molecule has 4 nitrogen and oxygen atoms in total. The Morgan fingerprint density at radius 2 is 1.80 bits per heavy atom. The van der Waals surface area contributed by atoms with Gasteiger partial charge in [-0.3, -0.25) is 0 Å². The van der Waals surface area contributed by atoms with Crippen LogP contribution in [0.25, 0.3) is 17.0 Å². The highest BCUT2D eigenvalue weighted by molar-refractivity contribution is 5.67. The van der Waals surface area contributed by atoms with Crippen LogP contribution in [0.4, 0.5) is 13.2 Å². The number of nitrogens with zero attached hydrogens (tertiary/aromatic N) is 1. The molecule has 0 spiro atoms. The first-order valence-electron chi connectivity index (χ1n) is 9.33. The zero-order valence-corrected chi connectivity index (χ0v) is 16.9. The first kappa shape index (κ1) is 21.6. The molecule has 1 heterocycles. The molecule has 0 aliphatic heterocycles. The molecular formula is C23H22F3NO3. The lowest BCUT2D eigenvalue weighted by Gasteiger charge is -2.09. The van der Waals surface area contributed by atoms with Crippen molar-refractivity contribution in [2.45, 2.75) is 33.6 Å². The second-order valence-corrected chi connectivity index (χ2v) is 6.98. The van der Waals surface area contributed by atoms with Gasteiger partial charge in [0, 0.05) is 5.56 Å². The van der Waals surface area contributed by atoms with Gasteiger partial charge >= 0.3 is 6.18 Å². The SMILES string of the molecule is C/C(CO)=C(/C)c1cccc(OCc2nc(-c3ccc(C(F)(F)F)cc3)oc2C)c1. The highest BCUT2D eigenvalue weighted by atomic mass is 19.4. The lowest BCUT2D eigenvalue weighted by Crippen LogP contribution is -2.04. The maximum absolute atomic E-state index is 12.7. The van der Waals surface area contributed by atoms with E-state index in [2.05, 4.69) is 4.98 Å². The Bertz CT molecular complexity index is 1050. The van der Waals surface area contributed by atoms with Crippen molar-refractivity contribution in [2.75, 3.05) is 6.61 Å². The number of hydrogen-bond acceptors (Lipinski definition) is 4. The zero-order chi connectivity index (χ0) is 21.9. The minimum Gasteiger partial charge on any atom is -0.487 e. The number of benzene rings is 2. The first-order valence-corrected chi connectivity index (χ1v) is 9.33. The van der Waals surface area contributed by atoms with E-state index in [1.807, 2.05) is 38.1 Å². The molecule has 0 amide bonds. The average molecular weight is 417 g/mol. The monoisotopic (exact) mass is 417 g/mol. The molecule has 1 N–H and O–H groups in total. The molecule has 0 saturated heterocycles. The molecule has 0 aliphatic carbocycles. The van der Waals surface area contributed by atoms with E-state index in [4.69, 9.17) is 9.15 Å². The number of hydrogen-bond donors (Lipinski definition) is 1. The number of aliphatic hydroxyl groups is 1. The van der Waals surface area contributed by atoms with Crippen molar-refractivity contribution in [1.82, 2.24) is 4.98 Å². The van der Waals surface area contributed by atoms with E-state index in [1.165, 1.54) is 12.1 Å². The second kappa shape index (κ2) is 8.75. The predicted octanol–water partition coefficient (Wildman–Crippen LogP) is 6.03. The molecule has 0 radical (unpaired) electrons. The summed E-state index contributed by atoms with van der Waals surface area (Å²) in [6.07, 6.45) is -4.39. The van der Waals surface area contributed by atoms with Crippen LogP contribution in [0.1, 0.15) is 36.4 Å². The van der Waals surface area contributed by atoms with Crippen LogP contribution in [0.3, 0.4) is 0 Å². The van der Waals surface area contributed by atoms with Crippen LogP contribution in [-0.2, 0) is 12.8 Å². The van der Waals surface area contributed by atoms with Crippen LogP contribution >= 0.6 is 0 Å². The molecule has 1 aromatic heterocycles. The zero-order valence-electron chi connectivity index (χ0n) is 16.9. The van der Waals surface area contributed by atoms with Gasteiger partial charge in [-0.15, -0.1) is 0 Å². The summed E-state index contributed by atoms with van der Waals surface area (Å²) in [5.41, 5.74) is 3.10. The molecule has 7 heteroatoms. The Kier molecular flexibility index (Phi) is 6.31. The lowest BCUT2D eigenvalue weighted by atomic mass is 10.0. The lowest BCUT2D eigenvalue weighted by molar-refractivity contribution is -0.137. The molecule has 0 saturated carbocycles. The van der Waals surface area contributed by atoms with Crippen LogP contribution in [-0.4, -0.2) is 16.7 Å². The van der Waals surface area contributed by atoms with Crippen LogP contribution in [0.5, 0.6) is 5.75 Å². The van der Waals surface area contributed by atoms with Gasteiger partial charge in [0.25, 0.3) is 0 Å². The van der Waals surface area contributed by atoms with E-state index in [0.717, 1.165) is 28.8 Å². The highest BCUT2D eigenvalue weighted by Gasteiger charge is 2.30. The maximum atomic E-state index is 12.7. The normalized spacial score (nSPS) is 12.6. The molecule has 3 aromatic rings. The van der Waals surface area contributed by atoms with Crippen LogP contribution in [0.2, 0.25) is 0 Å². The van der Waals surface area contributed by atoms with Gasteiger partial charge < -0.3 is 14.3 Å². The van der Waals surface area contributed by atoms with Crippen molar-refractivity contribution in [3.05, 3.63) is 76.7 Å². The molecule has 158 valence electrons. The number of aliphatic hydroxyl groups excluding tert-OH is 1. The second-order valence-electron chi connectivity index (χ2n) is 6.98. The smallest absolute Gasteiger partial charge is 0.416 e. The summed E-state index contributed by atoms with van der Waals surface area (Å²) < 4.78 is 49.6. The van der Waals surface area contributed by atoms with Crippen LogP contribution in [0.15, 0.2) is 58.5 Å². The number of rotatable bonds is 6. The fourth-order valence-electron chi connectivity index (χ4n) is 2.82. The van der Waals surface area contributed by atoms with Gasteiger partial charge in [0.1, 0.15) is 23.8 Å². The van der Waals surface area contributed by atoms with E-state index in [-0.39, 0.29) is 19.1 Å². The number of aryl methyl sites for hydroxylation is 1. The van der Waals surface area contributed by atoms with E-state index in [0.29, 0.717) is 22.8 Å². The summed E-state index contributed by atoms with van der Waals surface area (Å²) in [6.45, 7) is 5.67. The van der Waals surface area contributed by atoms with Gasteiger partial charge in [-0.1, -0.05) is 12.1 Å². The molecule has 0 atom stereocenters. The highest BCUT2D eigenvalue weighted by Crippen LogP contribution is 2.31. The van der Waals surface area contributed by atoms with Gasteiger partial charge in [0.2, 0.25) is 5.89 Å². The Morgan fingerprint density at radius 3 is 2.43 bits per heavy atom. The molecule has 30 heavy (non-hydrogen) atoms. The summed E-state index contributed by atoms with van der Waals surface area (Å²) in [6, 6.07) is 12.2. The van der Waals surface area contributed by atoms with Crippen LogP contribution in [0, 0.1) is 6.92 Å². The third-order valence-electron chi connectivity index (χ3n) is 4.87. The van der Waals surface area contributed by atoms with Crippen molar-refractivity contribution < 1.29 is 27.4 Å². The third-order valence-corrected chi connectivity index (χ3v) is 4.87. The number of aromatic nitrogens is 1. The van der Waals surface area contributed by atoms with Crippen molar-refractivity contribution in [1.29, 1.82) is 0 Å². The molecule has 2 aromatic carbocycles. The Labute approximate surface area is 172 Å². The Morgan fingerprint density at radius 1 is 1.10 bits per heavy atom. The Hall–Kier alpha value is -3.06. The number of oxazole rings is 1. The first-order chi connectivity index (χ1) is 14.2. The minimum absolute atomic E-state index is 0.0121. The Balaban J connectivity index is 1.74. The molecule has 0 bridgehead atoms. The molecule has 0 unspecified atom stereocenters. The summed E-state index contributed by atoms with van der Waals surface area (Å²) in [5, 5.41) is 9.31. The number of halogens is 3. The molecule has 0 aliphatic rings. The topological polar surface area (TPSA) is 55.5 Å². The average Bonchev–Trinajstić information content (AvgIpc) is 3.11. The summed E-state index contributed by atoms with van der Waals surface area (Å²) in [7, 11) is 0. The number of allylic oxidation sites excluding steroid dienone is 1. The summed E-state index contributed by atoms with van der Waals surface area (Å²) in [5.74, 6) is 1.41. The third kappa shape index (κ3) is 4.91. The van der Waals surface area contributed by atoms with Crippen molar-refractivity contribution in [3.63, 3.8) is 0 Å². The molecule has 0 fully saturated rings. The standard InChI is InChI=1S/C23H22F3NO3/c1-14(12-28)15(2)18-5-4-6-20(11-18)29-13-21-16(3)30-22(27-21)17-7-9-19(10-8-17)23(24,25)26/h4-11,28H,12-13H2,1-3H3/b15-14+. The predicted molar refractivity (Wildman–Crippen MR) is 108 cm³/mol. The maximum Gasteiger partial charge on any atom is 0.416 e.